The number of amides is 1. The van der Waals surface area contributed by atoms with Gasteiger partial charge >= 0.3 is 0 Å². The molecule has 1 N–H and O–H groups in total. The van der Waals surface area contributed by atoms with Crippen LogP contribution < -0.4 is 19.7 Å². The standard InChI is InChI=1S/C28H35N3O3/c1-33-25-17-13-23(14-18-25)30-28-22(21-29)11-9-7-5-3-4-6-8-10-12-27(32)31(28)24-15-19-26(34-2)20-16-24/h13-20,30H,3-12H2,1-2H3. The van der Waals surface area contributed by atoms with E-state index >= 15 is 0 Å². The third kappa shape index (κ3) is 7.02. The van der Waals surface area contributed by atoms with Crippen LogP contribution in [-0.4, -0.2) is 20.1 Å². The van der Waals surface area contributed by atoms with Crippen molar-refractivity contribution in [2.75, 3.05) is 24.4 Å². The first-order valence-electron chi connectivity index (χ1n) is 12.2. The van der Waals surface area contributed by atoms with E-state index in [2.05, 4.69) is 11.4 Å². The Balaban J connectivity index is 2.05. The van der Waals surface area contributed by atoms with Crippen LogP contribution in [0.3, 0.4) is 0 Å². The largest absolute Gasteiger partial charge is 0.497 e. The fraction of sp³-hybridized carbons (Fsp3) is 0.429. The van der Waals surface area contributed by atoms with E-state index in [1.807, 2.05) is 48.5 Å². The number of ether oxygens (including phenoxy) is 2. The van der Waals surface area contributed by atoms with Gasteiger partial charge < -0.3 is 14.8 Å². The molecular formula is C28H35N3O3. The summed E-state index contributed by atoms with van der Waals surface area (Å²) in [5, 5.41) is 13.5. The summed E-state index contributed by atoms with van der Waals surface area (Å²) in [6.07, 6.45) is 9.69. The van der Waals surface area contributed by atoms with Gasteiger partial charge in [0, 0.05) is 12.1 Å². The Morgan fingerprint density at radius 1 is 0.765 bits per heavy atom. The summed E-state index contributed by atoms with van der Waals surface area (Å²) >= 11 is 0. The van der Waals surface area contributed by atoms with E-state index in [1.165, 1.54) is 19.3 Å². The van der Waals surface area contributed by atoms with Crippen molar-refractivity contribution < 1.29 is 14.3 Å². The van der Waals surface area contributed by atoms with Gasteiger partial charge in [-0.05, 0) is 67.8 Å². The van der Waals surface area contributed by atoms with E-state index in [0.29, 0.717) is 35.7 Å². The van der Waals surface area contributed by atoms with E-state index in [9.17, 15) is 10.1 Å². The van der Waals surface area contributed by atoms with Gasteiger partial charge in [0.15, 0.2) is 0 Å². The molecule has 0 unspecified atom stereocenters. The lowest BCUT2D eigenvalue weighted by molar-refractivity contribution is -0.118. The SMILES string of the molecule is COc1ccc(NC2=C(C#N)CCCCCCCCCCC(=O)N2c2ccc(OC)cc2)cc1. The van der Waals surface area contributed by atoms with Crippen molar-refractivity contribution in [3.8, 4) is 17.6 Å². The number of hydrogen-bond donors (Lipinski definition) is 1. The Labute approximate surface area is 203 Å². The summed E-state index contributed by atoms with van der Waals surface area (Å²) in [6.45, 7) is 0. The van der Waals surface area contributed by atoms with Gasteiger partial charge in [-0.3, -0.25) is 9.69 Å². The number of hydrogen-bond acceptors (Lipinski definition) is 5. The predicted octanol–water partition coefficient (Wildman–Crippen LogP) is 6.80. The highest BCUT2D eigenvalue weighted by Gasteiger charge is 2.24. The molecule has 0 saturated heterocycles. The monoisotopic (exact) mass is 461 g/mol. The molecule has 1 heterocycles. The average Bonchev–Trinajstić information content (AvgIpc) is 2.87. The van der Waals surface area contributed by atoms with Gasteiger partial charge in [-0.25, -0.2) is 0 Å². The number of benzene rings is 2. The molecule has 0 saturated carbocycles. The number of nitrogens with zero attached hydrogens (tertiary/aromatic N) is 2. The number of nitriles is 1. The van der Waals surface area contributed by atoms with E-state index in [0.717, 1.165) is 43.5 Å². The molecule has 180 valence electrons. The lowest BCUT2D eigenvalue weighted by Crippen LogP contribution is -2.34. The Morgan fingerprint density at radius 2 is 1.26 bits per heavy atom. The molecule has 34 heavy (non-hydrogen) atoms. The maximum atomic E-state index is 13.6. The van der Waals surface area contributed by atoms with Crippen molar-refractivity contribution in [1.82, 2.24) is 0 Å². The molecule has 0 atom stereocenters. The van der Waals surface area contributed by atoms with Gasteiger partial charge in [-0.15, -0.1) is 0 Å². The molecule has 0 aromatic heterocycles. The lowest BCUT2D eigenvalue weighted by Gasteiger charge is -2.28. The summed E-state index contributed by atoms with van der Waals surface area (Å²) in [5.41, 5.74) is 2.08. The van der Waals surface area contributed by atoms with Crippen LogP contribution in [0, 0.1) is 11.3 Å². The van der Waals surface area contributed by atoms with Gasteiger partial charge in [-0.2, -0.15) is 5.26 Å². The molecule has 3 rings (SSSR count). The van der Waals surface area contributed by atoms with Crippen LogP contribution in [0.15, 0.2) is 59.9 Å². The molecule has 0 aliphatic carbocycles. The zero-order valence-corrected chi connectivity index (χ0v) is 20.3. The van der Waals surface area contributed by atoms with Gasteiger partial charge in [0.2, 0.25) is 5.91 Å². The zero-order chi connectivity index (χ0) is 24.2. The third-order valence-electron chi connectivity index (χ3n) is 6.14. The predicted molar refractivity (Wildman–Crippen MR) is 136 cm³/mol. The number of allylic oxidation sites excluding steroid dienone is 1. The molecule has 2 aromatic carbocycles. The topological polar surface area (TPSA) is 74.6 Å². The molecule has 6 nitrogen and oxygen atoms in total. The maximum absolute atomic E-state index is 13.6. The van der Waals surface area contributed by atoms with Crippen LogP contribution in [0.25, 0.3) is 0 Å². The molecule has 1 aliphatic heterocycles. The van der Waals surface area contributed by atoms with Crippen LogP contribution in [0.4, 0.5) is 11.4 Å². The summed E-state index contributed by atoms with van der Waals surface area (Å²) in [7, 11) is 3.24. The minimum absolute atomic E-state index is 0.0222. The summed E-state index contributed by atoms with van der Waals surface area (Å²) in [6, 6.07) is 17.3. The van der Waals surface area contributed by atoms with Gasteiger partial charge in [0.25, 0.3) is 0 Å². The third-order valence-corrected chi connectivity index (χ3v) is 6.14. The van der Waals surface area contributed by atoms with Crippen molar-refractivity contribution in [1.29, 1.82) is 5.26 Å². The van der Waals surface area contributed by atoms with Crippen LogP contribution in [0.5, 0.6) is 11.5 Å². The first-order valence-corrected chi connectivity index (χ1v) is 12.2. The van der Waals surface area contributed by atoms with Crippen molar-refractivity contribution in [3.63, 3.8) is 0 Å². The van der Waals surface area contributed by atoms with E-state index < -0.39 is 0 Å². The van der Waals surface area contributed by atoms with Crippen molar-refractivity contribution >= 4 is 17.3 Å². The Morgan fingerprint density at radius 3 is 1.79 bits per heavy atom. The summed E-state index contributed by atoms with van der Waals surface area (Å²) in [5.74, 6) is 1.97. The molecule has 0 fully saturated rings. The number of anilines is 2. The second-order valence-corrected chi connectivity index (χ2v) is 8.55. The van der Waals surface area contributed by atoms with Crippen LogP contribution >= 0.6 is 0 Å². The van der Waals surface area contributed by atoms with E-state index in [1.54, 1.807) is 19.1 Å². The number of carbonyl (C=O) groups excluding carboxylic acids is 1. The highest BCUT2D eigenvalue weighted by atomic mass is 16.5. The molecule has 2 aromatic rings. The fourth-order valence-electron chi connectivity index (χ4n) is 4.18. The first-order chi connectivity index (χ1) is 16.7. The molecule has 1 aliphatic rings. The van der Waals surface area contributed by atoms with Crippen LogP contribution in [0.1, 0.15) is 64.2 Å². The van der Waals surface area contributed by atoms with Crippen molar-refractivity contribution in [2.24, 2.45) is 0 Å². The number of methoxy groups -OCH3 is 2. The smallest absolute Gasteiger partial charge is 0.232 e. The zero-order valence-electron chi connectivity index (χ0n) is 20.3. The highest BCUT2D eigenvalue weighted by molar-refractivity contribution is 5.97. The maximum Gasteiger partial charge on any atom is 0.232 e. The van der Waals surface area contributed by atoms with Gasteiger partial charge in [0.1, 0.15) is 17.3 Å². The highest BCUT2D eigenvalue weighted by Crippen LogP contribution is 2.29. The second kappa shape index (κ2) is 13.3. The minimum Gasteiger partial charge on any atom is -0.497 e. The minimum atomic E-state index is -0.0222. The van der Waals surface area contributed by atoms with Crippen LogP contribution in [0.2, 0.25) is 0 Å². The number of rotatable bonds is 5. The normalized spacial score (nSPS) is 16.4. The van der Waals surface area contributed by atoms with Crippen molar-refractivity contribution in [3.05, 3.63) is 59.9 Å². The molecular weight excluding hydrogens is 426 g/mol. The summed E-state index contributed by atoms with van der Waals surface area (Å²) < 4.78 is 10.6. The quantitative estimate of drug-likeness (QED) is 0.530. The summed E-state index contributed by atoms with van der Waals surface area (Å²) in [4.78, 5) is 15.3. The second-order valence-electron chi connectivity index (χ2n) is 8.55. The van der Waals surface area contributed by atoms with Gasteiger partial charge in [0.05, 0.1) is 31.5 Å². The Bertz CT molecular complexity index is 991. The van der Waals surface area contributed by atoms with Crippen LogP contribution in [-0.2, 0) is 4.79 Å². The Hall–Kier alpha value is -3.46. The molecule has 0 bridgehead atoms. The van der Waals surface area contributed by atoms with E-state index in [4.69, 9.17) is 9.47 Å². The van der Waals surface area contributed by atoms with Gasteiger partial charge in [-0.1, -0.05) is 38.5 Å². The van der Waals surface area contributed by atoms with Crippen molar-refractivity contribution in [2.45, 2.75) is 64.2 Å². The fourth-order valence-corrected chi connectivity index (χ4v) is 4.18. The molecule has 1 amide bonds. The lowest BCUT2D eigenvalue weighted by atomic mass is 10.0. The number of carbonyl (C=O) groups is 1. The average molecular weight is 462 g/mol. The Kier molecular flexibility index (Phi) is 9.84. The van der Waals surface area contributed by atoms with E-state index in [-0.39, 0.29) is 5.91 Å². The number of nitrogens with one attached hydrogen (secondary N) is 1. The first kappa shape index (κ1) is 25.2. The molecule has 0 spiro atoms. The molecule has 6 heteroatoms. The molecule has 0 radical (unpaired) electrons.